The standard InChI is InChI=1S/C27H35N5O4/c1-18(16-31(2)3)29-21-14-22-23(30-26(33)20-11-13-36-17-20)24(27(34)35-4)32(25(22)28-15-21)12-10-19-8-6-5-7-9-19/h5-9,14-15,18,20,29H,10-13,16-17H2,1-4H3,(H,30,33)/t18-,20+/m0/s1. The molecule has 0 radical (unpaired) electrons. The lowest BCUT2D eigenvalue weighted by Crippen LogP contribution is -2.29. The van der Waals surface area contributed by atoms with Crippen molar-refractivity contribution in [1.29, 1.82) is 0 Å². The molecule has 192 valence electrons. The number of carbonyl (C=O) groups excluding carboxylic acids is 2. The van der Waals surface area contributed by atoms with E-state index in [1.54, 1.807) is 6.20 Å². The highest BCUT2D eigenvalue weighted by atomic mass is 16.5. The van der Waals surface area contributed by atoms with E-state index in [9.17, 15) is 9.59 Å². The third-order valence-electron chi connectivity index (χ3n) is 6.34. The molecular formula is C27H35N5O4. The van der Waals surface area contributed by atoms with Crippen LogP contribution >= 0.6 is 0 Å². The number of ether oxygens (including phenoxy) is 2. The molecule has 1 amide bonds. The smallest absolute Gasteiger partial charge is 0.356 e. The van der Waals surface area contributed by atoms with Gasteiger partial charge in [-0.2, -0.15) is 0 Å². The van der Waals surface area contributed by atoms with Crippen LogP contribution in [0.25, 0.3) is 11.0 Å². The number of carbonyl (C=O) groups is 2. The number of aryl methyl sites for hydroxylation is 2. The number of rotatable bonds is 10. The van der Waals surface area contributed by atoms with E-state index >= 15 is 0 Å². The van der Waals surface area contributed by atoms with Gasteiger partial charge in [0.15, 0.2) is 5.69 Å². The molecule has 4 rings (SSSR count). The lowest BCUT2D eigenvalue weighted by atomic mass is 10.1. The van der Waals surface area contributed by atoms with Gasteiger partial charge in [0, 0.05) is 31.1 Å². The summed E-state index contributed by atoms with van der Waals surface area (Å²) in [5.41, 5.74) is 3.29. The Bertz CT molecular complexity index is 1200. The molecule has 0 bridgehead atoms. The first-order chi connectivity index (χ1) is 17.4. The molecular weight excluding hydrogens is 458 g/mol. The number of anilines is 2. The molecule has 9 heteroatoms. The molecule has 2 N–H and O–H groups in total. The number of benzene rings is 1. The van der Waals surface area contributed by atoms with Crippen LogP contribution in [0.4, 0.5) is 11.4 Å². The van der Waals surface area contributed by atoms with Crippen molar-refractivity contribution in [1.82, 2.24) is 14.5 Å². The zero-order valence-corrected chi connectivity index (χ0v) is 21.4. The van der Waals surface area contributed by atoms with Gasteiger partial charge in [0.2, 0.25) is 5.91 Å². The highest BCUT2D eigenvalue weighted by molar-refractivity contribution is 6.11. The van der Waals surface area contributed by atoms with Crippen molar-refractivity contribution in [2.75, 3.05) is 51.6 Å². The first-order valence-corrected chi connectivity index (χ1v) is 12.3. The zero-order chi connectivity index (χ0) is 25.7. The number of nitrogens with one attached hydrogen (secondary N) is 2. The Balaban J connectivity index is 1.77. The van der Waals surface area contributed by atoms with Gasteiger partial charge in [-0.05, 0) is 45.5 Å². The quantitative estimate of drug-likeness (QED) is 0.418. The number of fused-ring (bicyclic) bond motifs is 1. The van der Waals surface area contributed by atoms with Crippen LogP contribution in [0, 0.1) is 5.92 Å². The third-order valence-corrected chi connectivity index (χ3v) is 6.34. The maximum atomic E-state index is 13.1. The number of esters is 1. The molecule has 2 aromatic heterocycles. The molecule has 1 aliphatic heterocycles. The third kappa shape index (κ3) is 5.85. The van der Waals surface area contributed by atoms with E-state index in [0.29, 0.717) is 55.0 Å². The minimum Gasteiger partial charge on any atom is -0.464 e. The average Bonchev–Trinajstić information content (AvgIpc) is 3.49. The molecule has 0 aliphatic carbocycles. The van der Waals surface area contributed by atoms with E-state index in [-0.39, 0.29) is 17.9 Å². The number of pyridine rings is 1. The molecule has 1 aromatic carbocycles. The Morgan fingerprint density at radius 1 is 1.28 bits per heavy atom. The summed E-state index contributed by atoms with van der Waals surface area (Å²) in [6, 6.07) is 12.2. The van der Waals surface area contributed by atoms with E-state index in [4.69, 9.17) is 14.5 Å². The summed E-state index contributed by atoms with van der Waals surface area (Å²) >= 11 is 0. The molecule has 1 aliphatic rings. The summed E-state index contributed by atoms with van der Waals surface area (Å²) in [5, 5.41) is 7.19. The number of aromatic nitrogens is 2. The number of amides is 1. The van der Waals surface area contributed by atoms with Crippen molar-refractivity contribution in [3.8, 4) is 0 Å². The van der Waals surface area contributed by atoms with Gasteiger partial charge in [-0.25, -0.2) is 9.78 Å². The number of methoxy groups -OCH3 is 1. The SMILES string of the molecule is COC(=O)c1c(NC(=O)[C@@H]2CCOC2)c2cc(N[C@@H](C)CN(C)C)cnc2n1CCc1ccccc1. The van der Waals surface area contributed by atoms with Crippen molar-refractivity contribution in [2.24, 2.45) is 5.92 Å². The summed E-state index contributed by atoms with van der Waals surface area (Å²) in [6.45, 7) is 4.37. The molecule has 3 aromatic rings. The predicted molar refractivity (Wildman–Crippen MR) is 140 cm³/mol. The largest absolute Gasteiger partial charge is 0.464 e. The van der Waals surface area contributed by atoms with E-state index in [1.165, 1.54) is 7.11 Å². The van der Waals surface area contributed by atoms with Gasteiger partial charge in [0.25, 0.3) is 0 Å². The Labute approximate surface area is 211 Å². The summed E-state index contributed by atoms with van der Waals surface area (Å²) in [6.07, 6.45) is 3.12. The van der Waals surface area contributed by atoms with Gasteiger partial charge >= 0.3 is 5.97 Å². The maximum absolute atomic E-state index is 13.1. The van der Waals surface area contributed by atoms with Crippen LogP contribution in [-0.2, 0) is 27.2 Å². The number of likely N-dealkylation sites (N-methyl/N-ethyl adjacent to an activating group) is 1. The first-order valence-electron chi connectivity index (χ1n) is 12.3. The summed E-state index contributed by atoms with van der Waals surface area (Å²) in [5.74, 6) is -0.943. The van der Waals surface area contributed by atoms with Crippen LogP contribution in [0.2, 0.25) is 0 Å². The van der Waals surface area contributed by atoms with Crippen LogP contribution in [-0.4, -0.2) is 73.3 Å². The fourth-order valence-electron chi connectivity index (χ4n) is 4.69. The van der Waals surface area contributed by atoms with E-state index in [2.05, 4.69) is 22.5 Å². The van der Waals surface area contributed by atoms with Gasteiger partial charge in [0.05, 0.1) is 37.2 Å². The van der Waals surface area contributed by atoms with Crippen LogP contribution in [0.1, 0.15) is 29.4 Å². The predicted octanol–water partition coefficient (Wildman–Crippen LogP) is 3.40. The molecule has 3 heterocycles. The second kappa shape index (κ2) is 11.5. The van der Waals surface area contributed by atoms with Crippen molar-refractivity contribution < 1.29 is 19.1 Å². The monoisotopic (exact) mass is 493 g/mol. The number of nitrogens with zero attached hydrogens (tertiary/aromatic N) is 3. The van der Waals surface area contributed by atoms with E-state index in [1.807, 2.05) is 55.1 Å². The Hall–Kier alpha value is -3.43. The summed E-state index contributed by atoms with van der Waals surface area (Å²) < 4.78 is 12.4. The van der Waals surface area contributed by atoms with Crippen molar-refractivity contribution in [3.63, 3.8) is 0 Å². The average molecular weight is 494 g/mol. The number of hydrogen-bond donors (Lipinski definition) is 2. The Morgan fingerprint density at radius 3 is 2.72 bits per heavy atom. The van der Waals surface area contributed by atoms with Gasteiger partial charge in [-0.15, -0.1) is 0 Å². The molecule has 9 nitrogen and oxygen atoms in total. The van der Waals surface area contributed by atoms with E-state index < -0.39 is 5.97 Å². The molecule has 1 saturated heterocycles. The second-order valence-electron chi connectivity index (χ2n) is 9.55. The van der Waals surface area contributed by atoms with Crippen LogP contribution < -0.4 is 10.6 Å². The van der Waals surface area contributed by atoms with Crippen molar-refractivity contribution >= 4 is 34.3 Å². The van der Waals surface area contributed by atoms with Gasteiger partial charge in [-0.1, -0.05) is 30.3 Å². The zero-order valence-electron chi connectivity index (χ0n) is 21.4. The molecule has 36 heavy (non-hydrogen) atoms. The topological polar surface area (TPSA) is 97.7 Å². The lowest BCUT2D eigenvalue weighted by molar-refractivity contribution is -0.119. The minimum absolute atomic E-state index is 0.167. The fraction of sp³-hybridized carbons (Fsp3) is 0.444. The Kier molecular flexibility index (Phi) is 8.22. The first kappa shape index (κ1) is 25.7. The normalized spacial score (nSPS) is 16.3. The van der Waals surface area contributed by atoms with Gasteiger partial charge in [-0.3, -0.25) is 4.79 Å². The molecule has 0 spiro atoms. The maximum Gasteiger partial charge on any atom is 0.356 e. The highest BCUT2D eigenvalue weighted by Crippen LogP contribution is 2.34. The number of hydrogen-bond acceptors (Lipinski definition) is 7. The van der Waals surface area contributed by atoms with Gasteiger partial charge < -0.3 is 29.6 Å². The van der Waals surface area contributed by atoms with Crippen LogP contribution in [0.5, 0.6) is 0 Å². The van der Waals surface area contributed by atoms with E-state index in [0.717, 1.165) is 17.8 Å². The molecule has 0 unspecified atom stereocenters. The molecule has 2 atom stereocenters. The molecule has 0 saturated carbocycles. The second-order valence-corrected chi connectivity index (χ2v) is 9.55. The van der Waals surface area contributed by atoms with Crippen LogP contribution in [0.15, 0.2) is 42.6 Å². The molecule has 1 fully saturated rings. The van der Waals surface area contributed by atoms with Gasteiger partial charge in [0.1, 0.15) is 5.65 Å². The summed E-state index contributed by atoms with van der Waals surface area (Å²) in [4.78, 5) is 33.0. The lowest BCUT2D eigenvalue weighted by Gasteiger charge is -2.19. The summed E-state index contributed by atoms with van der Waals surface area (Å²) in [7, 11) is 5.40. The fourth-order valence-corrected chi connectivity index (χ4v) is 4.69. The van der Waals surface area contributed by atoms with Crippen molar-refractivity contribution in [2.45, 2.75) is 32.4 Å². The van der Waals surface area contributed by atoms with Crippen molar-refractivity contribution in [3.05, 3.63) is 53.9 Å². The Morgan fingerprint density at radius 2 is 2.06 bits per heavy atom. The van der Waals surface area contributed by atoms with Crippen LogP contribution in [0.3, 0.4) is 0 Å². The highest BCUT2D eigenvalue weighted by Gasteiger charge is 2.30. The minimum atomic E-state index is -0.519.